The number of rotatable bonds is 10. The van der Waals surface area contributed by atoms with Crippen LogP contribution in [0.3, 0.4) is 0 Å². The first-order valence-electron chi connectivity index (χ1n) is 20.2. The molecule has 0 radical (unpaired) electrons. The molecule has 6 fully saturated rings. The van der Waals surface area contributed by atoms with Crippen LogP contribution in [0.25, 0.3) is 0 Å². The first kappa shape index (κ1) is 42.5. The second kappa shape index (κ2) is 14.9. The summed E-state index contributed by atoms with van der Waals surface area (Å²) in [6, 6.07) is 0. The average molecular weight is 769 g/mol. The number of aliphatic hydroxyl groups is 8. The number of ketones is 1. The molecule has 0 spiro atoms. The smallest absolute Gasteiger partial charge is 0.187 e. The normalized spacial score (nSPS) is 51.2. The highest BCUT2D eigenvalue weighted by Crippen LogP contribution is 2.75. The van der Waals surface area contributed by atoms with Gasteiger partial charge in [-0.2, -0.15) is 0 Å². The fraction of sp³-hybridized carbons (Fsp3) is 0.927. The summed E-state index contributed by atoms with van der Waals surface area (Å²) in [5.74, 6) is -0.660. The summed E-state index contributed by atoms with van der Waals surface area (Å²) in [5, 5.41) is 86.3. The van der Waals surface area contributed by atoms with Gasteiger partial charge < -0.3 is 59.8 Å². The molecule has 8 N–H and O–H groups in total. The third-order valence-corrected chi connectivity index (χ3v) is 16.0. The first-order valence-corrected chi connectivity index (χ1v) is 20.2. The van der Waals surface area contributed by atoms with Crippen molar-refractivity contribution >= 4 is 5.78 Å². The van der Waals surface area contributed by atoms with Gasteiger partial charge in [-0.15, -0.1) is 0 Å². The van der Waals surface area contributed by atoms with Crippen LogP contribution in [0.4, 0.5) is 0 Å². The van der Waals surface area contributed by atoms with Gasteiger partial charge in [-0.05, 0) is 105 Å². The lowest BCUT2D eigenvalue weighted by atomic mass is 9.34. The van der Waals surface area contributed by atoms with E-state index in [0.29, 0.717) is 38.5 Å². The van der Waals surface area contributed by atoms with Gasteiger partial charge in [0.1, 0.15) is 48.5 Å². The van der Waals surface area contributed by atoms with Gasteiger partial charge in [-0.3, -0.25) is 4.79 Å². The summed E-state index contributed by atoms with van der Waals surface area (Å²) < 4.78 is 24.0. The van der Waals surface area contributed by atoms with Crippen molar-refractivity contribution in [1.82, 2.24) is 0 Å². The quantitative estimate of drug-likeness (QED) is 0.150. The number of Topliss-reactive ketones (excluding diaryl/α,β-unsaturated/α-hetero) is 1. The van der Waals surface area contributed by atoms with Gasteiger partial charge >= 0.3 is 0 Å². The topological polar surface area (TPSA) is 216 Å². The molecule has 310 valence electrons. The van der Waals surface area contributed by atoms with E-state index in [1.807, 2.05) is 20.8 Å². The fourth-order valence-electron chi connectivity index (χ4n) is 12.9. The first-order chi connectivity index (χ1) is 25.1. The third kappa shape index (κ3) is 6.67. The highest BCUT2D eigenvalue weighted by molar-refractivity contribution is 5.84. The Hall–Kier alpha value is -1.07. The molecular weight excluding hydrogens is 700 g/mol. The van der Waals surface area contributed by atoms with Crippen molar-refractivity contribution in [2.24, 2.45) is 45.3 Å². The number of aliphatic hydroxyl groups excluding tert-OH is 8. The summed E-state index contributed by atoms with van der Waals surface area (Å²) in [6.07, 6.45) is -7.09. The molecule has 2 saturated heterocycles. The second-order valence-electron chi connectivity index (χ2n) is 19.6. The number of hydrogen-bond acceptors (Lipinski definition) is 13. The summed E-state index contributed by atoms with van der Waals surface area (Å²) in [6.45, 7) is 15.9. The van der Waals surface area contributed by atoms with Crippen LogP contribution >= 0.6 is 0 Å². The lowest BCUT2D eigenvalue weighted by Gasteiger charge is -2.70. The van der Waals surface area contributed by atoms with Gasteiger partial charge in [0.2, 0.25) is 0 Å². The molecule has 0 aromatic rings. The molecule has 4 aliphatic carbocycles. The Morgan fingerprint density at radius 3 is 2.11 bits per heavy atom. The maximum atomic E-state index is 14.8. The Kier molecular flexibility index (Phi) is 11.8. The third-order valence-electron chi connectivity index (χ3n) is 16.0. The minimum Gasteiger partial charge on any atom is -0.394 e. The van der Waals surface area contributed by atoms with Crippen molar-refractivity contribution in [1.29, 1.82) is 0 Å². The average Bonchev–Trinajstić information content (AvgIpc) is 3.61. The maximum Gasteiger partial charge on any atom is 0.187 e. The summed E-state index contributed by atoms with van der Waals surface area (Å²) in [7, 11) is 0. The predicted octanol–water partition coefficient (Wildman–Crippen LogP) is 1.97. The molecule has 0 aromatic heterocycles. The van der Waals surface area contributed by atoms with Gasteiger partial charge in [0.25, 0.3) is 0 Å². The highest BCUT2D eigenvalue weighted by atomic mass is 16.7. The lowest BCUT2D eigenvalue weighted by Crippen LogP contribution is -2.69. The Labute approximate surface area is 320 Å². The molecule has 13 nitrogen and oxygen atoms in total. The summed E-state index contributed by atoms with van der Waals surface area (Å²) in [5.41, 5.74) is -1.63. The fourth-order valence-corrected chi connectivity index (χ4v) is 12.9. The molecule has 0 aromatic carbocycles. The number of fused-ring (bicyclic) bond motifs is 5. The van der Waals surface area contributed by atoms with Crippen LogP contribution in [0.1, 0.15) is 107 Å². The minimum atomic E-state index is -1.68. The molecule has 6 rings (SSSR count). The van der Waals surface area contributed by atoms with Crippen molar-refractivity contribution in [3.8, 4) is 0 Å². The minimum absolute atomic E-state index is 0.0209. The number of carbonyl (C=O) groups is 1. The zero-order chi connectivity index (χ0) is 39.9. The van der Waals surface area contributed by atoms with E-state index >= 15 is 0 Å². The molecule has 6 aliphatic rings. The molecule has 2 aliphatic heterocycles. The Balaban J connectivity index is 1.28. The molecule has 13 heteroatoms. The van der Waals surface area contributed by atoms with Crippen LogP contribution in [0, 0.1) is 45.3 Å². The summed E-state index contributed by atoms with van der Waals surface area (Å²) >= 11 is 0. The second-order valence-corrected chi connectivity index (χ2v) is 19.6. The van der Waals surface area contributed by atoms with Gasteiger partial charge in [-0.25, -0.2) is 0 Å². The molecule has 19 atom stereocenters. The van der Waals surface area contributed by atoms with E-state index in [1.54, 1.807) is 0 Å². The van der Waals surface area contributed by atoms with Crippen LogP contribution in [-0.2, 0) is 23.7 Å². The molecule has 19 unspecified atom stereocenters. The van der Waals surface area contributed by atoms with Crippen LogP contribution in [0.5, 0.6) is 0 Å². The number of allylic oxidation sites excluding steroid dienone is 2. The largest absolute Gasteiger partial charge is 0.394 e. The number of hydrogen-bond donors (Lipinski definition) is 8. The van der Waals surface area contributed by atoms with Crippen LogP contribution in [0.2, 0.25) is 0 Å². The molecule has 4 saturated carbocycles. The van der Waals surface area contributed by atoms with Crippen molar-refractivity contribution in [3.63, 3.8) is 0 Å². The van der Waals surface area contributed by atoms with Gasteiger partial charge in [0, 0.05) is 12.3 Å². The van der Waals surface area contributed by atoms with Crippen LogP contribution < -0.4 is 0 Å². The maximum absolute atomic E-state index is 14.8. The van der Waals surface area contributed by atoms with Crippen molar-refractivity contribution in [2.75, 3.05) is 13.2 Å². The standard InChI is InChI=1S/C41H68O13/c1-20(2)10-9-13-41(8,54-36-33(50)31(48)30(47)25(53-36)19-51-35-32(49)29(46)24(18-42)52-35)21-11-15-39(6)28(21)22(43)16-26-38(5)14-12-27(45)37(3,4)34(38)23(44)17-40(26,39)7/h10,21,23-36,42,44-50H,9,11-19H2,1-8H3. The van der Waals surface area contributed by atoms with E-state index in [4.69, 9.17) is 18.9 Å². The van der Waals surface area contributed by atoms with E-state index in [0.717, 1.165) is 18.4 Å². The summed E-state index contributed by atoms with van der Waals surface area (Å²) in [4.78, 5) is 14.8. The van der Waals surface area contributed by atoms with E-state index < -0.39 is 103 Å². The van der Waals surface area contributed by atoms with Crippen LogP contribution in [-0.4, -0.2) is 133 Å². The van der Waals surface area contributed by atoms with Gasteiger partial charge in [0.15, 0.2) is 12.6 Å². The Morgan fingerprint density at radius 1 is 0.852 bits per heavy atom. The Morgan fingerprint density at radius 2 is 1.48 bits per heavy atom. The highest BCUT2D eigenvalue weighted by Gasteiger charge is 2.73. The number of ether oxygens (including phenoxy) is 4. The van der Waals surface area contributed by atoms with E-state index in [1.165, 1.54) is 0 Å². The zero-order valence-electron chi connectivity index (χ0n) is 33.4. The van der Waals surface area contributed by atoms with E-state index in [2.05, 4.69) is 40.7 Å². The van der Waals surface area contributed by atoms with Crippen molar-refractivity contribution in [3.05, 3.63) is 11.6 Å². The number of carbonyl (C=O) groups excluding carboxylic acids is 1. The van der Waals surface area contributed by atoms with Gasteiger partial charge in [-0.1, -0.05) is 46.3 Å². The van der Waals surface area contributed by atoms with Crippen molar-refractivity contribution in [2.45, 2.75) is 180 Å². The molecular formula is C41H68O13. The Bertz CT molecular complexity index is 1400. The van der Waals surface area contributed by atoms with Crippen molar-refractivity contribution < 1.29 is 64.6 Å². The van der Waals surface area contributed by atoms with E-state index in [-0.39, 0.29) is 34.4 Å². The molecule has 0 bridgehead atoms. The SMILES string of the molecule is CC(C)=CCCC(C)(OC1OC(COC2OC(CO)C(O)C2O)C(O)C(O)C1O)C1CCC2(C)C1C(=O)CC1C3(C)CCC(O)C(C)(C)C3C(O)CC12C. The lowest BCUT2D eigenvalue weighted by molar-refractivity contribution is -0.339. The zero-order valence-corrected chi connectivity index (χ0v) is 33.4. The monoisotopic (exact) mass is 768 g/mol. The van der Waals surface area contributed by atoms with Crippen LogP contribution in [0.15, 0.2) is 11.6 Å². The van der Waals surface area contributed by atoms with Gasteiger partial charge in [0.05, 0.1) is 31.0 Å². The molecule has 54 heavy (non-hydrogen) atoms. The molecule has 0 amide bonds. The molecule has 2 heterocycles. The van der Waals surface area contributed by atoms with E-state index in [9.17, 15) is 45.6 Å². The predicted molar refractivity (Wildman–Crippen MR) is 195 cm³/mol.